The van der Waals surface area contributed by atoms with E-state index in [4.69, 9.17) is 39.5 Å². The molecule has 0 atom stereocenters. The van der Waals surface area contributed by atoms with Gasteiger partial charge in [-0.15, -0.1) is 16.8 Å². The Balaban J connectivity index is 1.65. The van der Waals surface area contributed by atoms with Crippen LogP contribution in [0.2, 0.25) is 15.1 Å². The Morgan fingerprint density at radius 2 is 2.00 bits per heavy atom. The number of aromatic nitrogens is 3. The summed E-state index contributed by atoms with van der Waals surface area (Å²) < 4.78 is 7.47. The summed E-state index contributed by atoms with van der Waals surface area (Å²) in [7, 11) is 0. The highest BCUT2D eigenvalue weighted by Crippen LogP contribution is 2.29. The van der Waals surface area contributed by atoms with E-state index in [0.29, 0.717) is 33.3 Å². The van der Waals surface area contributed by atoms with Gasteiger partial charge in [0.05, 0.1) is 26.4 Å². The number of nitro benzene ring substituents is 1. The molecule has 0 aliphatic carbocycles. The zero-order chi connectivity index (χ0) is 24.0. The first-order chi connectivity index (χ1) is 15.8. The Labute approximate surface area is 207 Å². The molecular formula is C20H16Cl3N5O4S. The first-order valence-corrected chi connectivity index (χ1v) is 11.4. The number of benzene rings is 2. The Kier molecular flexibility index (Phi) is 8.56. The number of nitrogens with one attached hydrogen (secondary N) is 1. The lowest BCUT2D eigenvalue weighted by Gasteiger charge is -2.10. The van der Waals surface area contributed by atoms with Gasteiger partial charge < -0.3 is 10.1 Å². The average Bonchev–Trinajstić information content (AvgIpc) is 3.15. The Morgan fingerprint density at radius 3 is 2.70 bits per heavy atom. The normalized spacial score (nSPS) is 10.6. The number of hydrogen-bond acceptors (Lipinski definition) is 7. The van der Waals surface area contributed by atoms with Crippen molar-refractivity contribution >= 4 is 63.8 Å². The van der Waals surface area contributed by atoms with Crippen molar-refractivity contribution in [3.05, 3.63) is 80.1 Å². The summed E-state index contributed by atoms with van der Waals surface area (Å²) in [6.07, 6.45) is 1.66. The minimum Gasteiger partial charge on any atom is -0.484 e. The number of carbonyl (C=O) groups is 1. The standard InChI is InChI=1S/C20H16Cl3N5O4S/c1-2-7-27-18(10-32-17-6-3-12(21)8-15(17)23)25-26-20(27)33-11-19(29)24-16-9-13(28(30)31)4-5-14(16)22/h2-6,8-9H,1,7,10-11H2,(H,24,29). The molecule has 0 bridgehead atoms. The predicted molar refractivity (Wildman–Crippen MR) is 128 cm³/mol. The topological polar surface area (TPSA) is 112 Å². The quantitative estimate of drug-likeness (QED) is 0.157. The highest BCUT2D eigenvalue weighted by atomic mass is 35.5. The van der Waals surface area contributed by atoms with E-state index in [0.717, 1.165) is 11.8 Å². The van der Waals surface area contributed by atoms with Gasteiger partial charge in [-0.1, -0.05) is 52.6 Å². The molecule has 1 N–H and O–H groups in total. The van der Waals surface area contributed by atoms with Gasteiger partial charge in [0.25, 0.3) is 5.69 Å². The summed E-state index contributed by atoms with van der Waals surface area (Å²) in [4.78, 5) is 22.7. The second-order valence-corrected chi connectivity index (χ2v) is 8.61. The molecular weight excluding hydrogens is 513 g/mol. The largest absolute Gasteiger partial charge is 0.484 e. The van der Waals surface area contributed by atoms with Crippen molar-refractivity contribution < 1.29 is 14.5 Å². The molecule has 0 saturated heterocycles. The molecule has 3 rings (SSSR count). The van der Waals surface area contributed by atoms with Crippen LogP contribution in [0, 0.1) is 10.1 Å². The molecule has 172 valence electrons. The highest BCUT2D eigenvalue weighted by molar-refractivity contribution is 7.99. The molecule has 33 heavy (non-hydrogen) atoms. The molecule has 1 amide bonds. The van der Waals surface area contributed by atoms with Gasteiger partial charge in [0, 0.05) is 23.7 Å². The molecule has 1 heterocycles. The van der Waals surface area contributed by atoms with E-state index in [1.807, 2.05) is 0 Å². The number of thioether (sulfide) groups is 1. The van der Waals surface area contributed by atoms with E-state index >= 15 is 0 Å². The molecule has 0 aliphatic rings. The van der Waals surface area contributed by atoms with E-state index in [1.54, 1.807) is 28.8 Å². The molecule has 0 saturated carbocycles. The molecule has 0 unspecified atom stereocenters. The van der Waals surface area contributed by atoms with Gasteiger partial charge in [0.1, 0.15) is 12.4 Å². The van der Waals surface area contributed by atoms with Crippen LogP contribution in [0.1, 0.15) is 5.82 Å². The number of nitro groups is 1. The summed E-state index contributed by atoms with van der Waals surface area (Å²) in [6, 6.07) is 8.68. The fraction of sp³-hybridized carbons (Fsp3) is 0.150. The molecule has 0 fully saturated rings. The highest BCUT2D eigenvalue weighted by Gasteiger charge is 2.16. The number of rotatable bonds is 10. The zero-order valence-corrected chi connectivity index (χ0v) is 19.9. The average molecular weight is 529 g/mol. The first-order valence-electron chi connectivity index (χ1n) is 9.26. The minimum absolute atomic E-state index is 0.0296. The van der Waals surface area contributed by atoms with Crippen LogP contribution < -0.4 is 10.1 Å². The maximum Gasteiger partial charge on any atom is 0.271 e. The maximum absolute atomic E-state index is 12.4. The number of allylic oxidation sites excluding steroid dienone is 1. The van der Waals surface area contributed by atoms with E-state index in [9.17, 15) is 14.9 Å². The Morgan fingerprint density at radius 1 is 1.21 bits per heavy atom. The third-order valence-corrected chi connectivity index (χ3v) is 5.95. The van der Waals surface area contributed by atoms with Crippen LogP contribution in [0.4, 0.5) is 11.4 Å². The summed E-state index contributed by atoms with van der Waals surface area (Å²) in [5.41, 5.74) is -0.0310. The molecule has 0 spiro atoms. The van der Waals surface area contributed by atoms with Crippen molar-refractivity contribution in [2.24, 2.45) is 0 Å². The van der Waals surface area contributed by atoms with E-state index in [2.05, 4.69) is 22.1 Å². The molecule has 9 nitrogen and oxygen atoms in total. The Bertz CT molecular complexity index is 1200. The van der Waals surface area contributed by atoms with Gasteiger partial charge in [-0.05, 0) is 24.3 Å². The van der Waals surface area contributed by atoms with Crippen molar-refractivity contribution in [2.45, 2.75) is 18.3 Å². The molecule has 3 aromatic rings. The summed E-state index contributed by atoms with van der Waals surface area (Å²) >= 11 is 19.2. The number of amides is 1. The number of halogens is 3. The van der Waals surface area contributed by atoms with Crippen LogP contribution in [0.25, 0.3) is 0 Å². The second-order valence-electron chi connectivity index (χ2n) is 6.42. The number of ether oxygens (including phenoxy) is 1. The lowest BCUT2D eigenvalue weighted by molar-refractivity contribution is -0.384. The van der Waals surface area contributed by atoms with Crippen molar-refractivity contribution in [3.8, 4) is 5.75 Å². The van der Waals surface area contributed by atoms with Gasteiger partial charge in [-0.25, -0.2) is 0 Å². The second kappa shape index (κ2) is 11.4. The predicted octanol–water partition coefficient (Wildman–Crippen LogP) is 5.64. The Hall–Kier alpha value is -2.79. The molecule has 13 heteroatoms. The number of carbonyl (C=O) groups excluding carboxylic acids is 1. The third kappa shape index (κ3) is 6.61. The lowest BCUT2D eigenvalue weighted by Crippen LogP contribution is -2.15. The number of anilines is 1. The van der Waals surface area contributed by atoms with Crippen LogP contribution in [0.3, 0.4) is 0 Å². The van der Waals surface area contributed by atoms with Crippen LogP contribution in [-0.4, -0.2) is 31.3 Å². The van der Waals surface area contributed by atoms with Crippen molar-refractivity contribution in [1.29, 1.82) is 0 Å². The van der Waals surface area contributed by atoms with Crippen LogP contribution in [0.15, 0.2) is 54.2 Å². The third-order valence-electron chi connectivity index (χ3n) is 4.12. The van der Waals surface area contributed by atoms with Gasteiger partial charge in [0.15, 0.2) is 11.0 Å². The number of hydrogen-bond donors (Lipinski definition) is 1. The smallest absolute Gasteiger partial charge is 0.271 e. The van der Waals surface area contributed by atoms with Crippen LogP contribution >= 0.6 is 46.6 Å². The fourth-order valence-corrected chi connectivity index (χ4v) is 4.01. The SMILES string of the molecule is C=CCn1c(COc2ccc(Cl)cc2Cl)nnc1SCC(=O)Nc1cc([N+](=O)[O-])ccc1Cl. The zero-order valence-electron chi connectivity index (χ0n) is 16.8. The summed E-state index contributed by atoms with van der Waals surface area (Å²) in [5.74, 6) is 0.501. The van der Waals surface area contributed by atoms with Gasteiger partial charge in [-0.2, -0.15) is 0 Å². The van der Waals surface area contributed by atoms with E-state index < -0.39 is 10.8 Å². The monoisotopic (exact) mass is 527 g/mol. The van der Waals surface area contributed by atoms with Gasteiger partial charge in [-0.3, -0.25) is 19.5 Å². The van der Waals surface area contributed by atoms with Gasteiger partial charge >= 0.3 is 0 Å². The molecule has 1 aromatic heterocycles. The maximum atomic E-state index is 12.4. The van der Waals surface area contributed by atoms with E-state index in [1.165, 1.54) is 18.2 Å². The minimum atomic E-state index is -0.570. The molecule has 0 aliphatic heterocycles. The van der Waals surface area contributed by atoms with Crippen molar-refractivity contribution in [1.82, 2.24) is 14.8 Å². The molecule has 0 radical (unpaired) electrons. The molecule has 2 aromatic carbocycles. The number of non-ortho nitro benzene ring substituents is 1. The fourth-order valence-electron chi connectivity index (χ4n) is 2.62. The van der Waals surface area contributed by atoms with Crippen molar-refractivity contribution in [3.63, 3.8) is 0 Å². The first kappa shape index (κ1) is 24.8. The summed E-state index contributed by atoms with van der Waals surface area (Å²) in [6.45, 7) is 4.20. The lowest BCUT2D eigenvalue weighted by atomic mass is 10.3. The van der Waals surface area contributed by atoms with E-state index in [-0.39, 0.29) is 28.8 Å². The van der Waals surface area contributed by atoms with Crippen LogP contribution in [0.5, 0.6) is 5.75 Å². The van der Waals surface area contributed by atoms with Crippen molar-refractivity contribution in [2.75, 3.05) is 11.1 Å². The number of nitrogens with zero attached hydrogens (tertiary/aromatic N) is 4. The summed E-state index contributed by atoms with van der Waals surface area (Å²) in [5, 5.41) is 23.3. The van der Waals surface area contributed by atoms with Crippen LogP contribution in [-0.2, 0) is 17.9 Å². The van der Waals surface area contributed by atoms with Gasteiger partial charge in [0.2, 0.25) is 5.91 Å².